The van der Waals surface area contributed by atoms with Crippen molar-refractivity contribution < 1.29 is 5.11 Å². The minimum absolute atomic E-state index is 0.0237. The molecular formula is C14H17ClN4OS. The minimum atomic E-state index is -0.335. The van der Waals surface area contributed by atoms with E-state index >= 15 is 0 Å². The second kappa shape index (κ2) is 6.25. The van der Waals surface area contributed by atoms with Crippen LogP contribution in [0.5, 0.6) is 0 Å². The third-order valence-corrected chi connectivity index (χ3v) is 4.72. The number of nitrogens with zero attached hydrogens (tertiary/aromatic N) is 3. The largest absolute Gasteiger partial charge is 0.391 e. The SMILES string of the molecule is Cc1csc(-c2nc(Cl)cc(NC3CCCC[C@@H]3O)n2)n1. The van der Waals surface area contributed by atoms with Crippen LogP contribution in [0.4, 0.5) is 5.82 Å². The van der Waals surface area contributed by atoms with Gasteiger partial charge in [-0.15, -0.1) is 11.3 Å². The van der Waals surface area contributed by atoms with Crippen LogP contribution in [-0.4, -0.2) is 32.2 Å². The van der Waals surface area contributed by atoms with Gasteiger partial charge < -0.3 is 10.4 Å². The van der Waals surface area contributed by atoms with Gasteiger partial charge in [0.15, 0.2) is 10.8 Å². The van der Waals surface area contributed by atoms with Gasteiger partial charge in [0, 0.05) is 17.1 Å². The Morgan fingerprint density at radius 1 is 1.29 bits per heavy atom. The van der Waals surface area contributed by atoms with Crippen LogP contribution in [0.25, 0.3) is 10.8 Å². The first-order valence-corrected chi connectivity index (χ1v) is 8.29. The Morgan fingerprint density at radius 3 is 2.81 bits per heavy atom. The third kappa shape index (κ3) is 3.51. The average Bonchev–Trinajstić information content (AvgIpc) is 2.88. The smallest absolute Gasteiger partial charge is 0.192 e. The second-order valence-electron chi connectivity index (χ2n) is 5.30. The van der Waals surface area contributed by atoms with E-state index in [9.17, 15) is 5.11 Å². The van der Waals surface area contributed by atoms with E-state index in [0.717, 1.165) is 36.4 Å². The molecule has 1 unspecified atom stereocenters. The summed E-state index contributed by atoms with van der Waals surface area (Å²) in [5, 5.41) is 16.4. The Kier molecular flexibility index (Phi) is 4.37. The molecular weight excluding hydrogens is 308 g/mol. The Balaban J connectivity index is 1.84. The summed E-state index contributed by atoms with van der Waals surface area (Å²) in [5.41, 5.74) is 0.941. The maximum absolute atomic E-state index is 10.0. The van der Waals surface area contributed by atoms with Gasteiger partial charge in [-0.25, -0.2) is 15.0 Å². The van der Waals surface area contributed by atoms with E-state index in [2.05, 4.69) is 20.3 Å². The molecule has 0 saturated heterocycles. The molecule has 21 heavy (non-hydrogen) atoms. The average molecular weight is 325 g/mol. The number of aliphatic hydroxyl groups excluding tert-OH is 1. The standard InChI is InChI=1S/C14H17ClN4OS/c1-8-7-21-14(16-8)13-18-11(15)6-12(19-13)17-9-4-2-3-5-10(9)20/h6-7,9-10,20H,2-5H2,1H3,(H,17,18,19)/t9?,10-/m0/s1. The molecule has 5 nitrogen and oxygen atoms in total. The summed E-state index contributed by atoms with van der Waals surface area (Å²) in [5.74, 6) is 1.16. The molecule has 2 aromatic rings. The van der Waals surface area contributed by atoms with Gasteiger partial charge in [-0.2, -0.15) is 0 Å². The number of aromatic nitrogens is 3. The van der Waals surface area contributed by atoms with E-state index in [1.807, 2.05) is 12.3 Å². The summed E-state index contributed by atoms with van der Waals surface area (Å²) in [7, 11) is 0. The molecule has 0 radical (unpaired) electrons. The highest BCUT2D eigenvalue weighted by Gasteiger charge is 2.23. The molecule has 1 aliphatic rings. The molecule has 1 aliphatic carbocycles. The quantitative estimate of drug-likeness (QED) is 0.848. The summed E-state index contributed by atoms with van der Waals surface area (Å²) in [6, 6.07) is 1.71. The van der Waals surface area contributed by atoms with E-state index in [-0.39, 0.29) is 12.1 Å². The Morgan fingerprint density at radius 2 is 2.10 bits per heavy atom. The fourth-order valence-electron chi connectivity index (χ4n) is 2.51. The molecule has 2 heterocycles. The lowest BCUT2D eigenvalue weighted by molar-refractivity contribution is 0.116. The number of aryl methyl sites for hydroxylation is 1. The number of aliphatic hydroxyl groups is 1. The second-order valence-corrected chi connectivity index (χ2v) is 6.54. The first-order valence-electron chi connectivity index (χ1n) is 7.03. The van der Waals surface area contributed by atoms with Crippen molar-refractivity contribution in [3.63, 3.8) is 0 Å². The van der Waals surface area contributed by atoms with Crippen LogP contribution >= 0.6 is 22.9 Å². The first kappa shape index (κ1) is 14.7. The summed E-state index contributed by atoms with van der Waals surface area (Å²) in [4.78, 5) is 13.1. The highest BCUT2D eigenvalue weighted by atomic mass is 35.5. The fraction of sp³-hybridized carbons (Fsp3) is 0.500. The van der Waals surface area contributed by atoms with E-state index in [1.165, 1.54) is 11.3 Å². The Labute approximate surface area is 132 Å². The number of halogens is 1. The number of rotatable bonds is 3. The Hall–Kier alpha value is -1.24. The molecule has 2 N–H and O–H groups in total. The molecule has 112 valence electrons. The van der Waals surface area contributed by atoms with Crippen molar-refractivity contribution >= 4 is 28.8 Å². The van der Waals surface area contributed by atoms with Gasteiger partial charge in [0.2, 0.25) is 0 Å². The number of nitrogens with one attached hydrogen (secondary N) is 1. The van der Waals surface area contributed by atoms with Crippen LogP contribution in [-0.2, 0) is 0 Å². The Bertz CT molecular complexity index is 633. The maximum atomic E-state index is 10.0. The van der Waals surface area contributed by atoms with Gasteiger partial charge in [0.1, 0.15) is 11.0 Å². The molecule has 0 bridgehead atoms. The molecule has 3 rings (SSSR count). The van der Waals surface area contributed by atoms with Crippen molar-refractivity contribution in [2.45, 2.75) is 44.8 Å². The molecule has 0 amide bonds. The molecule has 2 aromatic heterocycles. The predicted molar refractivity (Wildman–Crippen MR) is 84.8 cm³/mol. The van der Waals surface area contributed by atoms with Crippen LogP contribution in [0.3, 0.4) is 0 Å². The highest BCUT2D eigenvalue weighted by molar-refractivity contribution is 7.13. The van der Waals surface area contributed by atoms with E-state index in [1.54, 1.807) is 6.07 Å². The van der Waals surface area contributed by atoms with E-state index in [0.29, 0.717) is 16.8 Å². The summed E-state index contributed by atoms with van der Waals surface area (Å²) >= 11 is 7.58. The van der Waals surface area contributed by atoms with Gasteiger partial charge in [-0.3, -0.25) is 0 Å². The lowest BCUT2D eigenvalue weighted by Gasteiger charge is -2.28. The summed E-state index contributed by atoms with van der Waals surface area (Å²) < 4.78 is 0. The van der Waals surface area contributed by atoms with Crippen molar-refractivity contribution in [3.8, 4) is 10.8 Å². The monoisotopic (exact) mass is 324 g/mol. The van der Waals surface area contributed by atoms with Crippen LogP contribution in [0, 0.1) is 6.92 Å². The van der Waals surface area contributed by atoms with Gasteiger partial charge in [-0.1, -0.05) is 24.4 Å². The predicted octanol–water partition coefficient (Wildman–Crippen LogP) is 3.28. The van der Waals surface area contributed by atoms with Crippen molar-refractivity contribution in [1.82, 2.24) is 15.0 Å². The lowest BCUT2D eigenvalue weighted by atomic mass is 9.93. The van der Waals surface area contributed by atoms with Crippen LogP contribution in [0.15, 0.2) is 11.4 Å². The molecule has 1 saturated carbocycles. The maximum Gasteiger partial charge on any atom is 0.192 e. The molecule has 2 atom stereocenters. The van der Waals surface area contributed by atoms with Gasteiger partial charge in [0.05, 0.1) is 12.1 Å². The van der Waals surface area contributed by atoms with Crippen LogP contribution < -0.4 is 5.32 Å². The molecule has 0 aliphatic heterocycles. The summed E-state index contributed by atoms with van der Waals surface area (Å²) in [6.07, 6.45) is 3.63. The van der Waals surface area contributed by atoms with Crippen molar-refractivity contribution in [3.05, 3.63) is 22.3 Å². The molecule has 7 heteroatoms. The zero-order valence-corrected chi connectivity index (χ0v) is 13.3. The van der Waals surface area contributed by atoms with Crippen molar-refractivity contribution in [2.75, 3.05) is 5.32 Å². The summed E-state index contributed by atoms with van der Waals surface area (Å²) in [6.45, 7) is 1.93. The number of thiazole rings is 1. The number of anilines is 1. The van der Waals surface area contributed by atoms with Gasteiger partial charge in [-0.05, 0) is 19.8 Å². The minimum Gasteiger partial charge on any atom is -0.391 e. The van der Waals surface area contributed by atoms with Crippen molar-refractivity contribution in [2.24, 2.45) is 0 Å². The highest BCUT2D eigenvalue weighted by Crippen LogP contribution is 2.26. The van der Waals surface area contributed by atoms with Crippen molar-refractivity contribution in [1.29, 1.82) is 0 Å². The first-order chi connectivity index (χ1) is 10.1. The molecule has 0 spiro atoms. The van der Waals surface area contributed by atoms with E-state index in [4.69, 9.17) is 11.6 Å². The van der Waals surface area contributed by atoms with Crippen LogP contribution in [0.1, 0.15) is 31.4 Å². The lowest BCUT2D eigenvalue weighted by Crippen LogP contribution is -2.36. The van der Waals surface area contributed by atoms with Crippen LogP contribution in [0.2, 0.25) is 5.15 Å². The third-order valence-electron chi connectivity index (χ3n) is 3.57. The number of hydrogen-bond donors (Lipinski definition) is 2. The normalized spacial score (nSPS) is 22.2. The number of hydrogen-bond acceptors (Lipinski definition) is 6. The molecule has 0 aromatic carbocycles. The van der Waals surface area contributed by atoms with E-state index < -0.39 is 0 Å². The fourth-order valence-corrected chi connectivity index (χ4v) is 3.43. The zero-order chi connectivity index (χ0) is 14.8. The topological polar surface area (TPSA) is 70.9 Å². The van der Waals surface area contributed by atoms with Gasteiger partial charge in [0.25, 0.3) is 0 Å². The van der Waals surface area contributed by atoms with Gasteiger partial charge >= 0.3 is 0 Å². The molecule has 1 fully saturated rings. The zero-order valence-electron chi connectivity index (χ0n) is 11.7.